The first-order valence-corrected chi connectivity index (χ1v) is 7.97. The summed E-state index contributed by atoms with van der Waals surface area (Å²) in [5, 5.41) is 0. The van der Waals surface area contributed by atoms with Crippen molar-refractivity contribution < 1.29 is 8.42 Å². The van der Waals surface area contributed by atoms with Gasteiger partial charge in [-0.25, -0.2) is 8.42 Å². The Morgan fingerprint density at radius 2 is 1.50 bits per heavy atom. The lowest BCUT2D eigenvalue weighted by Gasteiger charge is -2.29. The molecule has 0 N–H and O–H groups in total. The van der Waals surface area contributed by atoms with Crippen LogP contribution in [0.1, 0.15) is 18.9 Å². The van der Waals surface area contributed by atoms with E-state index in [0.29, 0.717) is 11.3 Å². The van der Waals surface area contributed by atoms with Crippen LogP contribution >= 0.6 is 0 Å². The average molecular weight is 286 g/mol. The summed E-state index contributed by atoms with van der Waals surface area (Å²) in [5.74, 6) is 0. The Morgan fingerprint density at radius 3 is 2.00 bits per heavy atom. The third kappa shape index (κ3) is 2.41. The number of hydrogen-bond donors (Lipinski definition) is 0. The van der Waals surface area contributed by atoms with Crippen LogP contribution < -0.4 is 0 Å². The van der Waals surface area contributed by atoms with Gasteiger partial charge in [-0.15, -0.1) is 6.58 Å². The molecule has 1 atom stereocenters. The second-order valence-corrected chi connectivity index (χ2v) is 7.29. The molecule has 0 amide bonds. The molecule has 2 aromatic carbocycles. The van der Waals surface area contributed by atoms with Crippen molar-refractivity contribution in [1.82, 2.24) is 0 Å². The highest BCUT2D eigenvalue weighted by molar-refractivity contribution is 7.92. The van der Waals surface area contributed by atoms with E-state index >= 15 is 0 Å². The molecule has 0 heterocycles. The van der Waals surface area contributed by atoms with Crippen molar-refractivity contribution in [2.45, 2.75) is 23.0 Å². The molecule has 0 saturated heterocycles. The van der Waals surface area contributed by atoms with Crippen molar-refractivity contribution in [1.29, 1.82) is 0 Å². The number of rotatable bonds is 5. The number of benzene rings is 2. The van der Waals surface area contributed by atoms with E-state index in [-0.39, 0.29) is 0 Å². The fourth-order valence-electron chi connectivity index (χ4n) is 2.31. The Bertz CT molecular complexity index is 675. The Hall–Kier alpha value is -1.87. The van der Waals surface area contributed by atoms with Crippen molar-refractivity contribution in [2.24, 2.45) is 0 Å². The van der Waals surface area contributed by atoms with Crippen molar-refractivity contribution in [3.63, 3.8) is 0 Å². The third-order valence-corrected chi connectivity index (χ3v) is 6.05. The molecule has 0 aromatic heterocycles. The van der Waals surface area contributed by atoms with Crippen molar-refractivity contribution >= 4 is 9.84 Å². The summed E-state index contributed by atoms with van der Waals surface area (Å²) in [6, 6.07) is 17.9. The smallest absolute Gasteiger partial charge is 0.188 e. The van der Waals surface area contributed by atoms with E-state index in [1.165, 1.54) is 0 Å². The van der Waals surface area contributed by atoms with Gasteiger partial charge in [0.2, 0.25) is 0 Å². The summed E-state index contributed by atoms with van der Waals surface area (Å²) in [5.41, 5.74) is 0.781. The Balaban J connectivity index is 2.62. The first-order valence-electron chi connectivity index (χ1n) is 6.48. The lowest BCUT2D eigenvalue weighted by Crippen LogP contribution is -2.32. The standard InChI is InChI=1S/C17H18O2S/c1-3-14-17(2,15-10-6-4-7-11-15)20(18,19)16-12-8-5-9-13-16/h3-13H,1,14H2,2H3/t17-/m0/s1. The van der Waals surface area contributed by atoms with Crippen LogP contribution in [-0.4, -0.2) is 8.42 Å². The van der Waals surface area contributed by atoms with E-state index in [4.69, 9.17) is 0 Å². The van der Waals surface area contributed by atoms with Crippen LogP contribution in [0.4, 0.5) is 0 Å². The lowest BCUT2D eigenvalue weighted by atomic mass is 9.97. The monoisotopic (exact) mass is 286 g/mol. The van der Waals surface area contributed by atoms with Crippen molar-refractivity contribution in [3.05, 3.63) is 78.9 Å². The summed E-state index contributed by atoms with van der Waals surface area (Å²) in [4.78, 5) is 0.341. The van der Waals surface area contributed by atoms with E-state index in [1.807, 2.05) is 36.4 Å². The zero-order valence-corrected chi connectivity index (χ0v) is 12.3. The summed E-state index contributed by atoms with van der Waals surface area (Å²) in [7, 11) is -3.49. The number of hydrogen-bond acceptors (Lipinski definition) is 2. The molecular formula is C17H18O2S. The average Bonchev–Trinajstić information content (AvgIpc) is 2.49. The van der Waals surface area contributed by atoms with Crippen LogP contribution in [0.5, 0.6) is 0 Å². The highest BCUT2D eigenvalue weighted by atomic mass is 32.2. The van der Waals surface area contributed by atoms with Crippen LogP contribution in [0, 0.1) is 0 Å². The van der Waals surface area contributed by atoms with Crippen LogP contribution in [-0.2, 0) is 14.6 Å². The van der Waals surface area contributed by atoms with Crippen LogP contribution in [0.2, 0.25) is 0 Å². The maximum Gasteiger partial charge on any atom is 0.188 e. The van der Waals surface area contributed by atoms with Gasteiger partial charge in [-0.3, -0.25) is 0 Å². The predicted octanol–water partition coefficient (Wildman–Crippen LogP) is 3.95. The topological polar surface area (TPSA) is 34.1 Å². The van der Waals surface area contributed by atoms with Crippen LogP contribution in [0.3, 0.4) is 0 Å². The van der Waals surface area contributed by atoms with Crippen LogP contribution in [0.25, 0.3) is 0 Å². The lowest BCUT2D eigenvalue weighted by molar-refractivity contribution is 0.540. The van der Waals surface area contributed by atoms with E-state index in [1.54, 1.807) is 37.3 Å². The van der Waals surface area contributed by atoms with E-state index in [2.05, 4.69) is 6.58 Å². The fraction of sp³-hybridized carbons (Fsp3) is 0.176. The molecule has 20 heavy (non-hydrogen) atoms. The van der Waals surface area contributed by atoms with Crippen LogP contribution in [0.15, 0.2) is 78.2 Å². The third-order valence-electron chi connectivity index (χ3n) is 3.56. The Kier molecular flexibility index (Phi) is 4.09. The molecule has 2 nitrogen and oxygen atoms in total. The van der Waals surface area contributed by atoms with E-state index in [9.17, 15) is 8.42 Å². The molecule has 104 valence electrons. The molecule has 0 spiro atoms. The minimum absolute atomic E-state index is 0.341. The molecule has 2 aromatic rings. The Labute approximate surface area is 120 Å². The molecular weight excluding hydrogens is 268 g/mol. The van der Waals surface area contributed by atoms with Gasteiger partial charge < -0.3 is 0 Å². The first kappa shape index (κ1) is 14.5. The maximum atomic E-state index is 13.0. The second kappa shape index (κ2) is 5.63. The molecule has 3 heteroatoms. The van der Waals surface area contributed by atoms with Gasteiger partial charge in [0.25, 0.3) is 0 Å². The summed E-state index contributed by atoms with van der Waals surface area (Å²) in [6.45, 7) is 5.47. The summed E-state index contributed by atoms with van der Waals surface area (Å²) < 4.78 is 25.0. The zero-order chi connectivity index (χ0) is 14.6. The SMILES string of the molecule is C=CC[C@@](C)(c1ccccc1)S(=O)(=O)c1ccccc1. The van der Waals surface area contributed by atoms with Crippen molar-refractivity contribution in [3.8, 4) is 0 Å². The summed E-state index contributed by atoms with van der Waals surface area (Å²) >= 11 is 0. The molecule has 0 aliphatic heterocycles. The minimum atomic E-state index is -3.49. The number of sulfone groups is 1. The Morgan fingerprint density at radius 1 is 1.00 bits per heavy atom. The molecule has 0 aliphatic carbocycles. The quantitative estimate of drug-likeness (QED) is 0.780. The molecule has 0 aliphatic rings. The van der Waals surface area contributed by atoms with Gasteiger partial charge in [0.15, 0.2) is 9.84 Å². The highest BCUT2D eigenvalue weighted by Gasteiger charge is 2.40. The van der Waals surface area contributed by atoms with Gasteiger partial charge in [0.05, 0.1) is 4.90 Å². The van der Waals surface area contributed by atoms with E-state index in [0.717, 1.165) is 5.56 Å². The zero-order valence-electron chi connectivity index (χ0n) is 11.5. The minimum Gasteiger partial charge on any atom is -0.223 e. The van der Waals surface area contributed by atoms with Gasteiger partial charge in [-0.1, -0.05) is 54.6 Å². The second-order valence-electron chi connectivity index (χ2n) is 4.91. The largest absolute Gasteiger partial charge is 0.223 e. The van der Waals surface area contributed by atoms with Gasteiger partial charge in [0, 0.05) is 0 Å². The van der Waals surface area contributed by atoms with E-state index < -0.39 is 14.6 Å². The highest BCUT2D eigenvalue weighted by Crippen LogP contribution is 2.38. The molecule has 0 bridgehead atoms. The van der Waals surface area contributed by atoms with Crippen molar-refractivity contribution in [2.75, 3.05) is 0 Å². The maximum absolute atomic E-state index is 13.0. The normalized spacial score (nSPS) is 14.4. The molecule has 0 saturated carbocycles. The molecule has 2 rings (SSSR count). The van der Waals surface area contributed by atoms with Gasteiger partial charge >= 0.3 is 0 Å². The molecule has 0 fully saturated rings. The van der Waals surface area contributed by atoms with Gasteiger partial charge in [-0.05, 0) is 31.0 Å². The molecule has 0 unspecified atom stereocenters. The van der Waals surface area contributed by atoms with Gasteiger partial charge in [0.1, 0.15) is 4.75 Å². The fourth-order valence-corrected chi connectivity index (χ4v) is 4.13. The first-order chi connectivity index (χ1) is 9.52. The summed E-state index contributed by atoms with van der Waals surface area (Å²) in [6.07, 6.45) is 2.03. The number of allylic oxidation sites excluding steroid dienone is 1. The predicted molar refractivity (Wildman–Crippen MR) is 82.2 cm³/mol. The van der Waals surface area contributed by atoms with Gasteiger partial charge in [-0.2, -0.15) is 0 Å². The molecule has 0 radical (unpaired) electrons.